The number of hydrazone groups is 1. The van der Waals surface area contributed by atoms with Crippen molar-refractivity contribution in [2.45, 2.75) is 32.1 Å². The molecule has 2 heterocycles. The van der Waals surface area contributed by atoms with Gasteiger partial charge in [-0.1, -0.05) is 30.9 Å². The molecule has 34 heavy (non-hydrogen) atoms. The molecule has 0 atom stereocenters. The molecule has 0 aliphatic heterocycles. The Morgan fingerprint density at radius 3 is 2.71 bits per heavy atom. The van der Waals surface area contributed by atoms with Crippen LogP contribution in [0.15, 0.2) is 47.0 Å². The largest absolute Gasteiger partial charge is 0.465 e. The average molecular weight is 502 g/mol. The molecule has 0 saturated heterocycles. The van der Waals surface area contributed by atoms with Gasteiger partial charge in [0.2, 0.25) is 0 Å². The zero-order valence-corrected chi connectivity index (χ0v) is 20.5. The maximum atomic E-state index is 11.9. The van der Waals surface area contributed by atoms with Gasteiger partial charge in [-0.25, -0.2) is 4.79 Å². The number of amides is 1. The summed E-state index contributed by atoms with van der Waals surface area (Å²) in [6.45, 7) is 1.49. The van der Waals surface area contributed by atoms with Crippen molar-refractivity contribution in [1.29, 1.82) is 0 Å². The Balaban J connectivity index is 1.24. The molecule has 2 aromatic heterocycles. The van der Waals surface area contributed by atoms with Crippen LogP contribution >= 0.6 is 22.9 Å². The number of hydrogen-bond acceptors (Lipinski definition) is 8. The van der Waals surface area contributed by atoms with Crippen molar-refractivity contribution >= 4 is 63.3 Å². The molecule has 0 radical (unpaired) electrons. The van der Waals surface area contributed by atoms with Gasteiger partial charge >= 0.3 is 5.97 Å². The number of pyridine rings is 1. The smallest absolute Gasteiger partial charge is 0.350 e. The van der Waals surface area contributed by atoms with Crippen LogP contribution in [0.5, 0.6) is 0 Å². The van der Waals surface area contributed by atoms with Gasteiger partial charge < -0.3 is 15.4 Å². The first kappa shape index (κ1) is 25.5. The summed E-state index contributed by atoms with van der Waals surface area (Å²) in [5.41, 5.74) is 5.16. The van der Waals surface area contributed by atoms with Gasteiger partial charge in [0.1, 0.15) is 11.1 Å². The minimum Gasteiger partial charge on any atom is -0.465 e. The third-order valence-electron chi connectivity index (χ3n) is 5.08. The van der Waals surface area contributed by atoms with Crippen LogP contribution in [0.1, 0.15) is 41.8 Å². The third-order valence-corrected chi connectivity index (χ3v) is 6.21. The number of methoxy groups -OCH3 is 1. The second-order valence-electron chi connectivity index (χ2n) is 7.53. The lowest BCUT2D eigenvalue weighted by Crippen LogP contribution is -2.25. The van der Waals surface area contributed by atoms with E-state index in [-0.39, 0.29) is 5.91 Å². The Kier molecular flexibility index (Phi) is 10.1. The molecule has 0 fully saturated rings. The summed E-state index contributed by atoms with van der Waals surface area (Å²) in [4.78, 5) is 28.2. The standard InChI is InChI=1S/C24H28ClN5O3S/c1-33-24(32)23-20(10-14-34-23)30-29-16-22(31)28-12-6-4-2-3-5-11-26-19-9-13-27-21-15-17(25)7-8-18(19)21/h7-10,13-16,30H,2-6,11-12H2,1H3,(H,26,27)(H,28,31)/b29-16+. The van der Waals surface area contributed by atoms with Gasteiger partial charge in [0.05, 0.1) is 18.3 Å². The highest BCUT2D eigenvalue weighted by Gasteiger charge is 2.12. The maximum absolute atomic E-state index is 11.9. The molecule has 0 spiro atoms. The maximum Gasteiger partial charge on any atom is 0.350 e. The van der Waals surface area contributed by atoms with E-state index in [4.69, 9.17) is 16.3 Å². The Morgan fingerprint density at radius 1 is 1.09 bits per heavy atom. The minimum atomic E-state index is -0.441. The molecule has 180 valence electrons. The van der Waals surface area contributed by atoms with Gasteiger partial charge in [-0.15, -0.1) is 11.3 Å². The van der Waals surface area contributed by atoms with Crippen LogP contribution in [0, 0.1) is 0 Å². The van der Waals surface area contributed by atoms with Gasteiger partial charge in [-0.2, -0.15) is 5.10 Å². The first-order valence-electron chi connectivity index (χ1n) is 11.1. The summed E-state index contributed by atoms with van der Waals surface area (Å²) in [5.74, 6) is -0.721. The number of ether oxygens (including phenoxy) is 1. The zero-order valence-electron chi connectivity index (χ0n) is 19.0. The summed E-state index contributed by atoms with van der Waals surface area (Å²) < 4.78 is 4.70. The van der Waals surface area contributed by atoms with Gasteiger partial charge in [-0.05, 0) is 48.6 Å². The van der Waals surface area contributed by atoms with Crippen LogP contribution in [0.3, 0.4) is 0 Å². The summed E-state index contributed by atoms with van der Waals surface area (Å²) in [5, 5.41) is 13.7. The van der Waals surface area contributed by atoms with Crippen molar-refractivity contribution in [2.75, 3.05) is 30.9 Å². The monoisotopic (exact) mass is 501 g/mol. The van der Waals surface area contributed by atoms with E-state index in [9.17, 15) is 9.59 Å². The van der Waals surface area contributed by atoms with Crippen LogP contribution < -0.4 is 16.1 Å². The number of aromatic nitrogens is 1. The number of nitrogens with zero attached hydrogens (tertiary/aromatic N) is 2. The number of unbranched alkanes of at least 4 members (excludes halogenated alkanes) is 4. The van der Waals surface area contributed by atoms with E-state index in [2.05, 4.69) is 26.1 Å². The highest BCUT2D eigenvalue weighted by Crippen LogP contribution is 2.24. The van der Waals surface area contributed by atoms with Crippen molar-refractivity contribution in [1.82, 2.24) is 10.3 Å². The van der Waals surface area contributed by atoms with E-state index < -0.39 is 5.97 Å². The fourth-order valence-corrected chi connectivity index (χ4v) is 4.27. The lowest BCUT2D eigenvalue weighted by Gasteiger charge is -2.09. The van der Waals surface area contributed by atoms with Crippen molar-refractivity contribution in [3.63, 3.8) is 0 Å². The van der Waals surface area contributed by atoms with E-state index in [0.29, 0.717) is 22.1 Å². The van der Waals surface area contributed by atoms with Crippen molar-refractivity contribution in [2.24, 2.45) is 5.10 Å². The number of rotatable bonds is 13. The molecule has 3 N–H and O–H groups in total. The number of nitrogens with one attached hydrogen (secondary N) is 3. The number of fused-ring (bicyclic) bond motifs is 1. The fraction of sp³-hybridized carbons (Fsp3) is 0.333. The number of thiophene rings is 1. The summed E-state index contributed by atoms with van der Waals surface area (Å²) in [7, 11) is 1.32. The molecule has 0 aliphatic carbocycles. The van der Waals surface area contributed by atoms with Crippen LogP contribution in [0.4, 0.5) is 11.4 Å². The molecule has 0 unspecified atom stereocenters. The summed E-state index contributed by atoms with van der Waals surface area (Å²) in [6.07, 6.45) is 8.20. The van der Waals surface area contributed by atoms with Gasteiger partial charge in [0.25, 0.3) is 5.91 Å². The predicted molar refractivity (Wildman–Crippen MR) is 139 cm³/mol. The first-order valence-corrected chi connectivity index (χ1v) is 12.3. The van der Waals surface area contributed by atoms with E-state index in [1.54, 1.807) is 17.6 Å². The van der Waals surface area contributed by atoms with Crippen LogP contribution in [-0.4, -0.2) is 43.3 Å². The van der Waals surface area contributed by atoms with Gasteiger partial charge in [-0.3, -0.25) is 15.2 Å². The van der Waals surface area contributed by atoms with E-state index in [0.717, 1.165) is 55.2 Å². The Bertz CT molecular complexity index is 1130. The van der Waals surface area contributed by atoms with Crippen LogP contribution in [0.25, 0.3) is 10.9 Å². The Labute approximate surface area is 207 Å². The normalized spacial score (nSPS) is 11.0. The second kappa shape index (κ2) is 13.5. The quantitative estimate of drug-likeness (QED) is 0.127. The third kappa shape index (κ3) is 7.71. The molecule has 10 heteroatoms. The minimum absolute atomic E-state index is 0.280. The molecule has 0 saturated carbocycles. The lowest BCUT2D eigenvalue weighted by atomic mass is 10.1. The number of esters is 1. The number of benzene rings is 1. The van der Waals surface area contributed by atoms with Gasteiger partial charge in [0, 0.05) is 35.4 Å². The Hall–Kier alpha value is -3.17. The number of anilines is 2. The number of carbonyl (C=O) groups excluding carboxylic acids is 2. The Morgan fingerprint density at radius 2 is 1.88 bits per heavy atom. The van der Waals surface area contributed by atoms with E-state index in [1.165, 1.54) is 24.7 Å². The van der Waals surface area contributed by atoms with E-state index in [1.807, 2.05) is 24.3 Å². The molecule has 1 aromatic carbocycles. The van der Waals surface area contributed by atoms with Crippen LogP contribution in [0.2, 0.25) is 5.02 Å². The summed E-state index contributed by atoms with van der Waals surface area (Å²) >= 11 is 7.28. The van der Waals surface area contributed by atoms with Crippen molar-refractivity contribution in [3.05, 3.63) is 51.8 Å². The topological polar surface area (TPSA) is 105 Å². The van der Waals surface area contributed by atoms with E-state index >= 15 is 0 Å². The number of carbonyl (C=O) groups is 2. The first-order chi connectivity index (χ1) is 16.6. The van der Waals surface area contributed by atoms with Crippen molar-refractivity contribution in [3.8, 4) is 0 Å². The lowest BCUT2D eigenvalue weighted by molar-refractivity contribution is -0.114. The highest BCUT2D eigenvalue weighted by molar-refractivity contribution is 7.12. The second-order valence-corrected chi connectivity index (χ2v) is 8.88. The predicted octanol–water partition coefficient (Wildman–Crippen LogP) is 5.31. The molecule has 0 bridgehead atoms. The molecule has 3 aromatic rings. The molecular formula is C24H28ClN5O3S. The number of halogens is 1. The van der Waals surface area contributed by atoms with Crippen LogP contribution in [-0.2, 0) is 9.53 Å². The molecular weight excluding hydrogens is 474 g/mol. The van der Waals surface area contributed by atoms with Crippen molar-refractivity contribution < 1.29 is 14.3 Å². The molecule has 1 amide bonds. The zero-order chi connectivity index (χ0) is 24.2. The SMILES string of the molecule is COC(=O)c1sccc1N/N=C/C(=O)NCCCCCCCNc1ccnc2cc(Cl)ccc12. The molecule has 8 nitrogen and oxygen atoms in total. The number of hydrogen-bond donors (Lipinski definition) is 3. The highest BCUT2D eigenvalue weighted by atomic mass is 35.5. The average Bonchev–Trinajstić information content (AvgIpc) is 3.30. The molecule has 0 aliphatic rings. The summed E-state index contributed by atoms with van der Waals surface area (Å²) in [6, 6.07) is 9.42. The fourth-order valence-electron chi connectivity index (χ4n) is 3.34. The van der Waals surface area contributed by atoms with Gasteiger partial charge in [0.15, 0.2) is 0 Å². The molecule has 3 rings (SSSR count).